The summed E-state index contributed by atoms with van der Waals surface area (Å²) < 4.78 is 1.95. The quantitative estimate of drug-likeness (QED) is 0.803. The van der Waals surface area contributed by atoms with E-state index < -0.39 is 5.60 Å². The molecule has 3 aromatic rings. The summed E-state index contributed by atoms with van der Waals surface area (Å²) >= 11 is 0. The van der Waals surface area contributed by atoms with Gasteiger partial charge in [-0.2, -0.15) is 5.10 Å². The summed E-state index contributed by atoms with van der Waals surface area (Å²) in [6.07, 6.45) is 5.95. The summed E-state index contributed by atoms with van der Waals surface area (Å²) in [6.45, 7) is 3.54. The second-order valence-corrected chi connectivity index (χ2v) is 6.58. The highest BCUT2D eigenvalue weighted by molar-refractivity contribution is 5.84. The van der Waals surface area contributed by atoms with Crippen molar-refractivity contribution in [2.24, 2.45) is 0 Å². The number of hydrogen-bond donors (Lipinski definition) is 1. The number of pyridine rings is 1. The largest absolute Gasteiger partial charge is 0.386 e. The van der Waals surface area contributed by atoms with Gasteiger partial charge in [0.2, 0.25) is 0 Å². The molecule has 1 fully saturated rings. The Morgan fingerprint density at radius 2 is 1.95 bits per heavy atom. The molecular formula is C18H19N3O. The molecule has 0 spiro atoms. The fraction of sp³-hybridized carbons (Fsp3) is 0.333. The van der Waals surface area contributed by atoms with E-state index in [1.54, 1.807) is 26.2 Å². The Balaban J connectivity index is 1.91. The third-order valence-corrected chi connectivity index (χ3v) is 4.25. The monoisotopic (exact) mass is 293 g/mol. The molecule has 2 aromatic heterocycles. The van der Waals surface area contributed by atoms with Crippen LogP contribution in [-0.4, -0.2) is 19.9 Å². The lowest BCUT2D eigenvalue weighted by atomic mass is 10.0. The van der Waals surface area contributed by atoms with E-state index >= 15 is 0 Å². The van der Waals surface area contributed by atoms with Crippen LogP contribution in [0, 0.1) is 0 Å². The van der Waals surface area contributed by atoms with Gasteiger partial charge in [0.25, 0.3) is 0 Å². The Kier molecular flexibility index (Phi) is 2.84. The zero-order valence-corrected chi connectivity index (χ0v) is 12.8. The summed E-state index contributed by atoms with van der Waals surface area (Å²) in [7, 11) is 0. The van der Waals surface area contributed by atoms with E-state index in [0.29, 0.717) is 5.92 Å². The van der Waals surface area contributed by atoms with E-state index in [4.69, 9.17) is 5.10 Å². The minimum Gasteiger partial charge on any atom is -0.386 e. The zero-order valence-electron chi connectivity index (χ0n) is 12.8. The van der Waals surface area contributed by atoms with E-state index in [2.05, 4.69) is 23.2 Å². The van der Waals surface area contributed by atoms with Crippen molar-refractivity contribution in [2.75, 3.05) is 0 Å². The first kappa shape index (κ1) is 13.5. The van der Waals surface area contributed by atoms with Crippen LogP contribution in [0.3, 0.4) is 0 Å². The second kappa shape index (κ2) is 4.65. The smallest absolute Gasteiger partial charge is 0.0856 e. The summed E-state index contributed by atoms with van der Waals surface area (Å²) in [4.78, 5) is 4.28. The minimum absolute atomic E-state index is 0.594. The number of rotatable bonds is 3. The van der Waals surface area contributed by atoms with Gasteiger partial charge in [-0.15, -0.1) is 0 Å². The van der Waals surface area contributed by atoms with Gasteiger partial charge < -0.3 is 5.11 Å². The average Bonchev–Trinajstić information content (AvgIpc) is 3.27. The molecule has 1 aliphatic carbocycles. The molecule has 22 heavy (non-hydrogen) atoms. The van der Waals surface area contributed by atoms with Crippen LogP contribution in [0.4, 0.5) is 0 Å². The van der Waals surface area contributed by atoms with Crippen LogP contribution in [0.15, 0.2) is 42.7 Å². The number of benzene rings is 1. The normalized spacial score (nSPS) is 15.4. The Morgan fingerprint density at radius 1 is 1.18 bits per heavy atom. The molecule has 0 amide bonds. The van der Waals surface area contributed by atoms with Gasteiger partial charge in [-0.05, 0) is 38.8 Å². The molecule has 0 aliphatic heterocycles. The van der Waals surface area contributed by atoms with E-state index in [1.807, 2.05) is 16.8 Å². The van der Waals surface area contributed by atoms with E-state index in [1.165, 1.54) is 23.9 Å². The van der Waals surface area contributed by atoms with Gasteiger partial charge in [-0.25, -0.2) is 4.68 Å². The van der Waals surface area contributed by atoms with E-state index in [9.17, 15) is 5.11 Å². The molecule has 0 atom stereocenters. The van der Waals surface area contributed by atoms with Crippen molar-refractivity contribution in [1.82, 2.24) is 14.8 Å². The van der Waals surface area contributed by atoms with Gasteiger partial charge in [0.05, 0.1) is 28.7 Å². The lowest BCUT2D eigenvalue weighted by Crippen LogP contribution is -2.16. The number of fused-ring (bicyclic) bond motifs is 1. The molecule has 112 valence electrons. The number of aromatic nitrogens is 3. The summed E-state index contributed by atoms with van der Waals surface area (Å²) in [5, 5.41) is 16.3. The molecule has 0 unspecified atom stereocenters. The van der Waals surface area contributed by atoms with Crippen LogP contribution < -0.4 is 0 Å². The summed E-state index contributed by atoms with van der Waals surface area (Å²) in [5.74, 6) is 0.594. The third-order valence-electron chi connectivity index (χ3n) is 4.25. The van der Waals surface area contributed by atoms with Gasteiger partial charge in [-0.1, -0.05) is 18.2 Å². The third kappa shape index (κ3) is 2.20. The highest BCUT2D eigenvalue weighted by atomic mass is 16.3. The van der Waals surface area contributed by atoms with Crippen molar-refractivity contribution < 1.29 is 5.11 Å². The molecule has 1 aromatic carbocycles. The number of nitrogens with zero attached hydrogens (tertiary/aromatic N) is 3. The lowest BCUT2D eigenvalue weighted by molar-refractivity contribution is 0.0782. The number of aliphatic hydroxyl groups is 1. The SMILES string of the molecule is CC(C)(O)c1cncc(-n2nc(C3CC3)c3ccccc32)c1. The highest BCUT2D eigenvalue weighted by Crippen LogP contribution is 2.42. The molecular weight excluding hydrogens is 274 g/mol. The Bertz CT molecular complexity index is 841. The maximum Gasteiger partial charge on any atom is 0.0856 e. The van der Waals surface area contributed by atoms with Crippen molar-refractivity contribution in [3.63, 3.8) is 0 Å². The average molecular weight is 293 g/mol. The molecule has 2 heterocycles. The van der Waals surface area contributed by atoms with Crippen LogP contribution in [0.25, 0.3) is 16.6 Å². The summed E-state index contributed by atoms with van der Waals surface area (Å²) in [5.41, 5.74) is 3.05. The van der Waals surface area contributed by atoms with E-state index in [0.717, 1.165) is 16.8 Å². The van der Waals surface area contributed by atoms with Gasteiger partial charge in [0.1, 0.15) is 0 Å². The first-order valence-corrected chi connectivity index (χ1v) is 7.70. The topological polar surface area (TPSA) is 50.9 Å². The standard InChI is InChI=1S/C18H19N3O/c1-18(2,22)13-9-14(11-19-10-13)21-16-6-4-3-5-15(16)17(20-21)12-7-8-12/h3-6,9-12,22H,7-8H2,1-2H3. The predicted octanol–water partition coefficient (Wildman–Crippen LogP) is 3.53. The maximum absolute atomic E-state index is 10.2. The molecule has 4 rings (SSSR count). The van der Waals surface area contributed by atoms with Crippen LogP contribution >= 0.6 is 0 Å². The molecule has 1 aliphatic rings. The highest BCUT2D eigenvalue weighted by Gasteiger charge is 2.29. The molecule has 4 nitrogen and oxygen atoms in total. The van der Waals surface area contributed by atoms with Gasteiger partial charge in [0, 0.05) is 23.1 Å². The fourth-order valence-electron chi connectivity index (χ4n) is 2.82. The number of para-hydroxylation sites is 1. The van der Waals surface area contributed by atoms with Gasteiger partial charge in [0.15, 0.2) is 0 Å². The molecule has 4 heteroatoms. The number of hydrogen-bond acceptors (Lipinski definition) is 3. The molecule has 0 radical (unpaired) electrons. The van der Waals surface area contributed by atoms with Crippen molar-refractivity contribution >= 4 is 10.9 Å². The van der Waals surface area contributed by atoms with Crippen LogP contribution in [-0.2, 0) is 5.60 Å². The Morgan fingerprint density at radius 3 is 2.68 bits per heavy atom. The minimum atomic E-state index is -0.911. The molecule has 1 saturated carbocycles. The van der Waals surface area contributed by atoms with Crippen molar-refractivity contribution in [2.45, 2.75) is 38.2 Å². The molecule has 0 saturated heterocycles. The summed E-state index contributed by atoms with van der Waals surface area (Å²) in [6, 6.07) is 10.3. The Hall–Kier alpha value is -2.20. The van der Waals surface area contributed by atoms with Crippen LogP contribution in [0.2, 0.25) is 0 Å². The van der Waals surface area contributed by atoms with Crippen LogP contribution in [0.1, 0.15) is 43.9 Å². The lowest BCUT2D eigenvalue weighted by Gasteiger charge is -2.18. The molecule has 0 bridgehead atoms. The zero-order chi connectivity index (χ0) is 15.3. The fourth-order valence-corrected chi connectivity index (χ4v) is 2.82. The first-order chi connectivity index (χ1) is 10.5. The van der Waals surface area contributed by atoms with Crippen molar-refractivity contribution in [3.8, 4) is 5.69 Å². The van der Waals surface area contributed by atoms with Crippen molar-refractivity contribution in [1.29, 1.82) is 0 Å². The molecule has 1 N–H and O–H groups in total. The first-order valence-electron chi connectivity index (χ1n) is 7.70. The van der Waals surface area contributed by atoms with Gasteiger partial charge in [-0.3, -0.25) is 4.98 Å². The maximum atomic E-state index is 10.2. The Labute approximate surface area is 129 Å². The van der Waals surface area contributed by atoms with Crippen molar-refractivity contribution in [3.05, 3.63) is 54.0 Å². The second-order valence-electron chi connectivity index (χ2n) is 6.58. The predicted molar refractivity (Wildman–Crippen MR) is 86.1 cm³/mol. The van der Waals surface area contributed by atoms with E-state index in [-0.39, 0.29) is 0 Å². The van der Waals surface area contributed by atoms with Crippen LogP contribution in [0.5, 0.6) is 0 Å². The van der Waals surface area contributed by atoms with Gasteiger partial charge >= 0.3 is 0 Å².